The Morgan fingerprint density at radius 1 is 1.15 bits per heavy atom. The highest BCUT2D eigenvalue weighted by atomic mass is 16.5. The third-order valence-electron chi connectivity index (χ3n) is 4.57. The van der Waals surface area contributed by atoms with E-state index in [4.69, 9.17) is 4.74 Å². The van der Waals surface area contributed by atoms with E-state index in [0.717, 1.165) is 26.3 Å². The largest absolute Gasteiger partial charge is 0.381 e. The van der Waals surface area contributed by atoms with E-state index >= 15 is 0 Å². The average molecular weight is 274 g/mol. The molecule has 2 saturated heterocycles. The molecule has 0 amide bonds. The number of nitrogens with zero attached hydrogens (tertiary/aromatic N) is 1. The van der Waals surface area contributed by atoms with Crippen molar-refractivity contribution < 1.29 is 4.74 Å². The van der Waals surface area contributed by atoms with Crippen LogP contribution in [0.4, 0.5) is 0 Å². The van der Waals surface area contributed by atoms with Crippen LogP contribution in [0.15, 0.2) is 24.3 Å². The van der Waals surface area contributed by atoms with Gasteiger partial charge in [-0.15, -0.1) is 0 Å². The second kappa shape index (κ2) is 7.21. The van der Waals surface area contributed by atoms with E-state index in [1.165, 1.54) is 50.0 Å². The SMILES string of the molecule is c1cc(CCN2CCNCC2)cc(C2CCOCC2)c1. The molecule has 110 valence electrons. The first-order valence-electron chi connectivity index (χ1n) is 8.01. The molecule has 0 atom stereocenters. The molecule has 0 unspecified atom stereocenters. The maximum Gasteiger partial charge on any atom is 0.0471 e. The number of benzene rings is 1. The van der Waals surface area contributed by atoms with Gasteiger partial charge in [-0.25, -0.2) is 0 Å². The average Bonchev–Trinajstić information content (AvgIpc) is 2.55. The first-order chi connectivity index (χ1) is 9.92. The van der Waals surface area contributed by atoms with Gasteiger partial charge in [-0.1, -0.05) is 24.3 Å². The maximum atomic E-state index is 5.47. The Balaban J connectivity index is 1.56. The van der Waals surface area contributed by atoms with Crippen molar-refractivity contribution in [3.05, 3.63) is 35.4 Å². The quantitative estimate of drug-likeness (QED) is 0.909. The second-order valence-electron chi connectivity index (χ2n) is 5.97. The molecule has 0 bridgehead atoms. The third kappa shape index (κ3) is 3.81. The molecule has 2 heterocycles. The Morgan fingerprint density at radius 3 is 2.75 bits per heavy atom. The van der Waals surface area contributed by atoms with Crippen LogP contribution in [0.1, 0.15) is 29.9 Å². The molecule has 2 fully saturated rings. The zero-order valence-electron chi connectivity index (χ0n) is 12.3. The Labute approximate surface area is 122 Å². The second-order valence-corrected chi connectivity index (χ2v) is 5.97. The molecule has 0 radical (unpaired) electrons. The van der Waals surface area contributed by atoms with Gasteiger partial charge < -0.3 is 15.0 Å². The highest BCUT2D eigenvalue weighted by Crippen LogP contribution is 2.27. The molecule has 0 spiro atoms. The topological polar surface area (TPSA) is 24.5 Å². The zero-order chi connectivity index (χ0) is 13.6. The summed E-state index contributed by atoms with van der Waals surface area (Å²) < 4.78 is 5.47. The molecule has 1 N–H and O–H groups in total. The Hall–Kier alpha value is -0.900. The Morgan fingerprint density at radius 2 is 1.95 bits per heavy atom. The van der Waals surface area contributed by atoms with Crippen molar-refractivity contribution >= 4 is 0 Å². The van der Waals surface area contributed by atoms with Crippen molar-refractivity contribution in [3.8, 4) is 0 Å². The highest BCUT2D eigenvalue weighted by molar-refractivity contribution is 5.27. The Kier molecular flexibility index (Phi) is 5.06. The van der Waals surface area contributed by atoms with Crippen LogP contribution in [0.5, 0.6) is 0 Å². The molecule has 1 aromatic carbocycles. The fraction of sp³-hybridized carbons (Fsp3) is 0.647. The van der Waals surface area contributed by atoms with Gasteiger partial charge >= 0.3 is 0 Å². The van der Waals surface area contributed by atoms with Gasteiger partial charge in [0, 0.05) is 45.9 Å². The lowest BCUT2D eigenvalue weighted by Crippen LogP contribution is -2.44. The molecule has 3 heteroatoms. The lowest BCUT2D eigenvalue weighted by atomic mass is 9.90. The van der Waals surface area contributed by atoms with Crippen molar-refractivity contribution in [1.29, 1.82) is 0 Å². The molecule has 3 nitrogen and oxygen atoms in total. The van der Waals surface area contributed by atoms with Crippen LogP contribution >= 0.6 is 0 Å². The van der Waals surface area contributed by atoms with Crippen molar-refractivity contribution in [2.75, 3.05) is 45.9 Å². The summed E-state index contributed by atoms with van der Waals surface area (Å²) >= 11 is 0. The summed E-state index contributed by atoms with van der Waals surface area (Å²) in [6, 6.07) is 9.24. The summed E-state index contributed by atoms with van der Waals surface area (Å²) in [6.07, 6.45) is 3.54. The van der Waals surface area contributed by atoms with Crippen molar-refractivity contribution in [2.24, 2.45) is 0 Å². The first-order valence-corrected chi connectivity index (χ1v) is 8.01. The van der Waals surface area contributed by atoms with E-state index in [1.807, 2.05) is 0 Å². The normalized spacial score (nSPS) is 22.0. The van der Waals surface area contributed by atoms with Crippen LogP contribution in [0, 0.1) is 0 Å². The molecular weight excluding hydrogens is 248 g/mol. The van der Waals surface area contributed by atoms with Gasteiger partial charge in [0.1, 0.15) is 0 Å². The van der Waals surface area contributed by atoms with Gasteiger partial charge in [-0.3, -0.25) is 0 Å². The maximum absolute atomic E-state index is 5.47. The standard InChI is InChI=1S/C17H26N2O/c1-2-15(4-9-19-10-7-18-8-11-19)14-17(3-1)16-5-12-20-13-6-16/h1-3,14,16,18H,4-13H2. The molecule has 2 aliphatic rings. The third-order valence-corrected chi connectivity index (χ3v) is 4.57. The van der Waals surface area contributed by atoms with E-state index in [9.17, 15) is 0 Å². The highest BCUT2D eigenvalue weighted by Gasteiger charge is 2.16. The zero-order valence-corrected chi connectivity index (χ0v) is 12.3. The molecule has 20 heavy (non-hydrogen) atoms. The van der Waals surface area contributed by atoms with E-state index in [1.54, 1.807) is 0 Å². The fourth-order valence-corrected chi connectivity index (χ4v) is 3.26. The number of ether oxygens (including phenoxy) is 1. The smallest absolute Gasteiger partial charge is 0.0471 e. The van der Waals surface area contributed by atoms with Crippen molar-refractivity contribution in [2.45, 2.75) is 25.2 Å². The summed E-state index contributed by atoms with van der Waals surface area (Å²) in [4.78, 5) is 2.57. The van der Waals surface area contributed by atoms with E-state index in [0.29, 0.717) is 5.92 Å². The summed E-state index contributed by atoms with van der Waals surface area (Å²) in [5.41, 5.74) is 3.01. The lowest BCUT2D eigenvalue weighted by molar-refractivity contribution is 0.0853. The minimum Gasteiger partial charge on any atom is -0.381 e. The summed E-state index contributed by atoms with van der Waals surface area (Å²) in [7, 11) is 0. The number of rotatable bonds is 4. The summed E-state index contributed by atoms with van der Waals surface area (Å²) in [5, 5.41) is 3.41. The van der Waals surface area contributed by atoms with Crippen LogP contribution in [0.3, 0.4) is 0 Å². The minimum atomic E-state index is 0.711. The molecule has 1 aromatic rings. The Bertz CT molecular complexity index is 409. The fourth-order valence-electron chi connectivity index (χ4n) is 3.26. The summed E-state index contributed by atoms with van der Waals surface area (Å²) in [6.45, 7) is 7.72. The molecule has 0 aliphatic carbocycles. The van der Waals surface area contributed by atoms with Gasteiger partial charge in [0.2, 0.25) is 0 Å². The van der Waals surface area contributed by atoms with Crippen molar-refractivity contribution in [1.82, 2.24) is 10.2 Å². The first kappa shape index (κ1) is 14.1. The molecular formula is C17H26N2O. The number of hydrogen-bond donors (Lipinski definition) is 1. The molecule has 2 aliphatic heterocycles. The van der Waals surface area contributed by atoms with Crippen molar-refractivity contribution in [3.63, 3.8) is 0 Å². The van der Waals surface area contributed by atoms with Gasteiger partial charge in [0.05, 0.1) is 0 Å². The van der Waals surface area contributed by atoms with Gasteiger partial charge in [0.25, 0.3) is 0 Å². The number of nitrogens with one attached hydrogen (secondary N) is 1. The van der Waals surface area contributed by atoms with Crippen LogP contribution in [-0.4, -0.2) is 50.8 Å². The van der Waals surface area contributed by atoms with Crippen LogP contribution in [-0.2, 0) is 11.2 Å². The number of piperazine rings is 1. The van der Waals surface area contributed by atoms with Gasteiger partial charge in [0.15, 0.2) is 0 Å². The van der Waals surface area contributed by atoms with Crippen LogP contribution in [0.2, 0.25) is 0 Å². The molecule has 0 saturated carbocycles. The summed E-state index contributed by atoms with van der Waals surface area (Å²) in [5.74, 6) is 0.711. The van der Waals surface area contributed by atoms with Gasteiger partial charge in [-0.2, -0.15) is 0 Å². The van der Waals surface area contributed by atoms with E-state index < -0.39 is 0 Å². The van der Waals surface area contributed by atoms with Crippen LogP contribution in [0.25, 0.3) is 0 Å². The monoisotopic (exact) mass is 274 g/mol. The predicted octanol–water partition coefficient (Wildman–Crippen LogP) is 2.03. The predicted molar refractivity (Wildman–Crippen MR) is 82.2 cm³/mol. The number of hydrogen-bond acceptors (Lipinski definition) is 3. The minimum absolute atomic E-state index is 0.711. The van der Waals surface area contributed by atoms with E-state index in [2.05, 4.69) is 34.5 Å². The lowest BCUT2D eigenvalue weighted by Gasteiger charge is -2.27. The van der Waals surface area contributed by atoms with Gasteiger partial charge in [-0.05, 0) is 36.3 Å². The molecule has 0 aromatic heterocycles. The molecule has 3 rings (SSSR count). The van der Waals surface area contributed by atoms with Crippen LogP contribution < -0.4 is 5.32 Å². The van der Waals surface area contributed by atoms with E-state index in [-0.39, 0.29) is 0 Å².